The molecule has 2 aromatic rings. The van der Waals surface area contributed by atoms with Crippen molar-refractivity contribution in [3.05, 3.63) is 59.4 Å². The Morgan fingerprint density at radius 3 is 2.78 bits per heavy atom. The molecule has 0 fully saturated rings. The Morgan fingerprint density at radius 2 is 2.16 bits per heavy atom. The molecule has 4 atom stereocenters. The maximum absolute atomic E-state index is 13.5. The van der Waals surface area contributed by atoms with E-state index in [-0.39, 0.29) is 12.4 Å². The molecule has 0 aliphatic heterocycles. The molecule has 0 saturated heterocycles. The molecule has 0 spiro atoms. The molecule has 4 N–H and O–H groups in total. The number of aliphatic hydroxyl groups is 3. The number of nitrogens with one attached hydrogen (secondary N) is 1. The van der Waals surface area contributed by atoms with E-state index in [1.54, 1.807) is 18.3 Å². The summed E-state index contributed by atoms with van der Waals surface area (Å²) < 4.78 is 23.7. The summed E-state index contributed by atoms with van der Waals surface area (Å²) in [5, 5.41) is 38.3. The monoisotopic (exact) mass is 466 g/mol. The molecule has 2 rings (SSSR count). The standard InChI is InChI=1S/C22H31FN4O4S/c1-4-7-18(8-5-2)32-25-22(31-21(14-28)15(3)29)20(30)13-27-12-19(24-26-27)16-9-6-10-17(23)11-16/h4,6-12,15,20-22,25,28-30H,5,13-14H2,1-3H3/b7-4-,18-8+. The maximum atomic E-state index is 13.5. The van der Waals surface area contributed by atoms with E-state index in [4.69, 9.17) is 4.74 Å². The third-order valence-corrected chi connectivity index (χ3v) is 5.34. The van der Waals surface area contributed by atoms with Gasteiger partial charge in [0.25, 0.3) is 0 Å². The first-order chi connectivity index (χ1) is 15.4. The zero-order valence-corrected chi connectivity index (χ0v) is 19.2. The summed E-state index contributed by atoms with van der Waals surface area (Å²) in [5.41, 5.74) is 1.04. The quantitative estimate of drug-likeness (QED) is 0.202. The van der Waals surface area contributed by atoms with Crippen LogP contribution in [0.15, 0.2) is 53.6 Å². The fourth-order valence-corrected chi connectivity index (χ4v) is 3.70. The van der Waals surface area contributed by atoms with Gasteiger partial charge in [-0.2, -0.15) is 0 Å². The van der Waals surface area contributed by atoms with E-state index in [1.807, 2.05) is 32.1 Å². The molecular weight excluding hydrogens is 435 g/mol. The molecule has 0 saturated carbocycles. The second-order valence-electron chi connectivity index (χ2n) is 7.16. The highest BCUT2D eigenvalue weighted by Gasteiger charge is 2.27. The van der Waals surface area contributed by atoms with Crippen molar-refractivity contribution in [1.29, 1.82) is 0 Å². The Balaban J connectivity index is 2.14. The van der Waals surface area contributed by atoms with Crippen LogP contribution in [0.2, 0.25) is 0 Å². The Labute approximate surface area is 191 Å². The Kier molecular flexibility index (Phi) is 11.0. The molecule has 0 radical (unpaired) electrons. The molecule has 0 aliphatic carbocycles. The molecule has 1 aromatic carbocycles. The van der Waals surface area contributed by atoms with E-state index in [9.17, 15) is 19.7 Å². The smallest absolute Gasteiger partial charge is 0.145 e. The van der Waals surface area contributed by atoms with Gasteiger partial charge in [-0.25, -0.2) is 13.8 Å². The first kappa shape index (κ1) is 26.2. The summed E-state index contributed by atoms with van der Waals surface area (Å²) in [6.07, 6.45) is 4.42. The Hall–Kier alpha value is -2.08. The third-order valence-electron chi connectivity index (χ3n) is 4.45. The lowest BCUT2D eigenvalue weighted by molar-refractivity contribution is -0.132. The highest BCUT2D eigenvalue weighted by atomic mass is 32.2. The van der Waals surface area contributed by atoms with Crippen LogP contribution >= 0.6 is 11.9 Å². The van der Waals surface area contributed by atoms with Crippen molar-refractivity contribution in [2.24, 2.45) is 0 Å². The minimum Gasteiger partial charge on any atom is -0.394 e. The van der Waals surface area contributed by atoms with Crippen LogP contribution in [-0.4, -0.2) is 61.5 Å². The number of aliphatic hydroxyl groups excluding tert-OH is 3. The fourth-order valence-electron chi connectivity index (χ4n) is 2.79. The van der Waals surface area contributed by atoms with E-state index < -0.39 is 31.1 Å². The molecule has 1 aromatic heterocycles. The van der Waals surface area contributed by atoms with Gasteiger partial charge in [0, 0.05) is 10.5 Å². The van der Waals surface area contributed by atoms with Crippen molar-refractivity contribution in [2.75, 3.05) is 6.61 Å². The van der Waals surface area contributed by atoms with Crippen molar-refractivity contribution in [2.45, 2.75) is 58.3 Å². The van der Waals surface area contributed by atoms with Gasteiger partial charge < -0.3 is 20.1 Å². The zero-order chi connectivity index (χ0) is 23.5. The Morgan fingerprint density at radius 1 is 1.38 bits per heavy atom. The van der Waals surface area contributed by atoms with E-state index >= 15 is 0 Å². The SMILES string of the molecule is C/C=C\C(=C/CC)SNC(OC(CO)C(C)O)C(O)Cn1cc(-c2cccc(F)c2)nn1. The van der Waals surface area contributed by atoms with Gasteiger partial charge in [-0.1, -0.05) is 42.5 Å². The predicted octanol–water partition coefficient (Wildman–Crippen LogP) is 2.64. The lowest BCUT2D eigenvalue weighted by Crippen LogP contribution is -2.46. The fraction of sp³-hybridized carbons (Fsp3) is 0.455. The number of ether oxygens (including phenoxy) is 1. The molecular formula is C22H31FN4O4S. The lowest BCUT2D eigenvalue weighted by atomic mass is 10.2. The van der Waals surface area contributed by atoms with Crippen LogP contribution in [0, 0.1) is 5.82 Å². The summed E-state index contributed by atoms with van der Waals surface area (Å²) in [6.45, 7) is 5.04. The van der Waals surface area contributed by atoms with Crippen LogP contribution < -0.4 is 4.72 Å². The summed E-state index contributed by atoms with van der Waals surface area (Å²) >= 11 is 1.27. The normalized spacial score (nSPS) is 16.3. The summed E-state index contributed by atoms with van der Waals surface area (Å²) in [4.78, 5) is 0.933. The topological polar surface area (TPSA) is 113 Å². The van der Waals surface area contributed by atoms with Crippen molar-refractivity contribution in [3.8, 4) is 11.3 Å². The van der Waals surface area contributed by atoms with Gasteiger partial charge in [-0.15, -0.1) is 5.10 Å². The first-order valence-electron chi connectivity index (χ1n) is 10.4. The van der Waals surface area contributed by atoms with Gasteiger partial charge in [0.15, 0.2) is 0 Å². The number of rotatable bonds is 13. The van der Waals surface area contributed by atoms with E-state index in [2.05, 4.69) is 15.0 Å². The molecule has 4 unspecified atom stereocenters. The van der Waals surface area contributed by atoms with Gasteiger partial charge in [0.1, 0.15) is 29.9 Å². The molecule has 176 valence electrons. The van der Waals surface area contributed by atoms with Crippen LogP contribution in [0.25, 0.3) is 11.3 Å². The van der Waals surface area contributed by atoms with Gasteiger partial charge in [0.05, 0.1) is 25.5 Å². The van der Waals surface area contributed by atoms with Crippen molar-refractivity contribution in [3.63, 3.8) is 0 Å². The van der Waals surface area contributed by atoms with E-state index in [0.717, 1.165) is 11.3 Å². The average Bonchev–Trinajstić information content (AvgIpc) is 3.22. The van der Waals surface area contributed by atoms with E-state index in [0.29, 0.717) is 11.3 Å². The number of aromatic nitrogens is 3. The largest absolute Gasteiger partial charge is 0.394 e. The number of hydrogen-bond donors (Lipinski definition) is 4. The lowest BCUT2D eigenvalue weighted by Gasteiger charge is -2.29. The number of benzene rings is 1. The van der Waals surface area contributed by atoms with Crippen molar-refractivity contribution < 1.29 is 24.4 Å². The number of nitrogens with zero attached hydrogens (tertiary/aromatic N) is 3. The predicted molar refractivity (Wildman–Crippen MR) is 123 cm³/mol. The zero-order valence-electron chi connectivity index (χ0n) is 18.4. The second-order valence-corrected chi connectivity index (χ2v) is 8.07. The molecule has 32 heavy (non-hydrogen) atoms. The molecule has 10 heteroatoms. The second kappa shape index (κ2) is 13.5. The van der Waals surface area contributed by atoms with Crippen LogP contribution in [0.4, 0.5) is 4.39 Å². The van der Waals surface area contributed by atoms with Crippen molar-refractivity contribution >= 4 is 11.9 Å². The molecule has 0 aliphatic rings. The highest BCUT2D eigenvalue weighted by Crippen LogP contribution is 2.20. The molecule has 0 bridgehead atoms. The van der Waals surface area contributed by atoms with Crippen LogP contribution in [0.3, 0.4) is 0 Å². The van der Waals surface area contributed by atoms with E-state index in [1.165, 1.54) is 35.7 Å². The summed E-state index contributed by atoms with van der Waals surface area (Å²) in [7, 11) is 0. The minimum atomic E-state index is -1.09. The summed E-state index contributed by atoms with van der Waals surface area (Å²) in [6, 6.07) is 6.00. The minimum absolute atomic E-state index is 0.0228. The number of hydrogen-bond acceptors (Lipinski definition) is 8. The first-order valence-corrected chi connectivity index (χ1v) is 11.2. The maximum Gasteiger partial charge on any atom is 0.145 e. The number of allylic oxidation sites excluding steroid dienone is 3. The third kappa shape index (κ3) is 8.12. The molecule has 0 amide bonds. The van der Waals surface area contributed by atoms with Gasteiger partial charge in [-0.05, 0) is 44.3 Å². The van der Waals surface area contributed by atoms with Crippen molar-refractivity contribution in [1.82, 2.24) is 19.7 Å². The molecule has 8 nitrogen and oxygen atoms in total. The van der Waals surface area contributed by atoms with Crippen LogP contribution in [0.5, 0.6) is 0 Å². The van der Waals surface area contributed by atoms with Crippen LogP contribution in [0.1, 0.15) is 27.2 Å². The highest BCUT2D eigenvalue weighted by molar-refractivity contribution is 8.01. The van der Waals surface area contributed by atoms with Gasteiger partial charge in [0.2, 0.25) is 0 Å². The average molecular weight is 467 g/mol. The van der Waals surface area contributed by atoms with Crippen LogP contribution in [-0.2, 0) is 11.3 Å². The molecule has 1 heterocycles. The number of halogens is 1. The van der Waals surface area contributed by atoms with Gasteiger partial charge >= 0.3 is 0 Å². The Bertz CT molecular complexity index is 890. The summed E-state index contributed by atoms with van der Waals surface area (Å²) in [5.74, 6) is -0.378. The van der Waals surface area contributed by atoms with Gasteiger partial charge in [-0.3, -0.25) is 0 Å².